The van der Waals surface area contributed by atoms with Gasteiger partial charge in [-0.15, -0.1) is 0 Å². The van der Waals surface area contributed by atoms with Gasteiger partial charge in [0.1, 0.15) is 6.61 Å². The summed E-state index contributed by atoms with van der Waals surface area (Å²) < 4.78 is 5.47. The van der Waals surface area contributed by atoms with E-state index in [0.717, 1.165) is 31.2 Å². The van der Waals surface area contributed by atoms with Gasteiger partial charge in [-0.3, -0.25) is 0 Å². The molecular weight excluding hydrogens is 216 g/mol. The topological polar surface area (TPSA) is 27.7 Å². The fourth-order valence-corrected chi connectivity index (χ4v) is 2.19. The first kappa shape index (κ1) is 12.6. The van der Waals surface area contributed by atoms with E-state index in [-0.39, 0.29) is 0 Å². The second-order valence-corrected chi connectivity index (χ2v) is 4.51. The highest BCUT2D eigenvalue weighted by molar-refractivity contribution is 5.13. The summed E-state index contributed by atoms with van der Waals surface area (Å²) in [6.45, 7) is 0.464. The lowest BCUT2D eigenvalue weighted by molar-refractivity contribution is -0.437. The van der Waals surface area contributed by atoms with Gasteiger partial charge in [0.05, 0.1) is 0 Å². The molecule has 0 spiro atoms. The molecule has 1 fully saturated rings. The van der Waals surface area contributed by atoms with Crippen molar-refractivity contribution in [3.8, 4) is 0 Å². The highest BCUT2D eigenvalue weighted by Gasteiger charge is 2.34. The van der Waals surface area contributed by atoms with E-state index in [2.05, 4.69) is 0 Å². The quantitative estimate of drug-likeness (QED) is 0.445. The molecule has 3 nitrogen and oxygen atoms in total. The van der Waals surface area contributed by atoms with Gasteiger partial charge in [-0.2, -0.15) is 0 Å². The van der Waals surface area contributed by atoms with Crippen LogP contribution < -0.4 is 0 Å². The van der Waals surface area contributed by atoms with Gasteiger partial charge in [0.2, 0.25) is 5.79 Å². The highest BCUT2D eigenvalue weighted by atomic mass is 17.2. The minimum atomic E-state index is -0.521. The van der Waals surface area contributed by atoms with Gasteiger partial charge in [-0.1, -0.05) is 36.8 Å². The summed E-state index contributed by atoms with van der Waals surface area (Å²) in [4.78, 5) is 10.8. The zero-order valence-corrected chi connectivity index (χ0v) is 10.4. The summed E-state index contributed by atoms with van der Waals surface area (Å²) in [7, 11) is 1.69. The summed E-state index contributed by atoms with van der Waals surface area (Å²) in [6.07, 6.45) is 5.37. The van der Waals surface area contributed by atoms with Crippen LogP contribution >= 0.6 is 0 Å². The first-order valence-electron chi connectivity index (χ1n) is 6.24. The Kier molecular flexibility index (Phi) is 4.54. The number of ether oxygens (including phenoxy) is 1. The van der Waals surface area contributed by atoms with Crippen LogP contribution in [0.25, 0.3) is 0 Å². The molecule has 0 amide bonds. The summed E-state index contributed by atoms with van der Waals surface area (Å²) in [5.74, 6) is -0.521. The van der Waals surface area contributed by atoms with Crippen LogP contribution in [0.5, 0.6) is 0 Å². The molecule has 1 saturated carbocycles. The molecule has 3 heteroatoms. The maximum absolute atomic E-state index is 5.50. The van der Waals surface area contributed by atoms with Crippen molar-refractivity contribution < 1.29 is 14.5 Å². The number of hydrogen-bond acceptors (Lipinski definition) is 3. The smallest absolute Gasteiger partial charge is 0.201 e. The van der Waals surface area contributed by atoms with E-state index < -0.39 is 5.79 Å². The van der Waals surface area contributed by atoms with Crippen LogP contribution in [-0.2, 0) is 21.1 Å². The number of methoxy groups -OCH3 is 1. The molecule has 1 aromatic rings. The average Bonchev–Trinajstić information content (AvgIpc) is 2.41. The van der Waals surface area contributed by atoms with Crippen molar-refractivity contribution in [3.05, 3.63) is 35.9 Å². The van der Waals surface area contributed by atoms with Crippen molar-refractivity contribution in [2.45, 2.75) is 44.5 Å². The molecule has 0 N–H and O–H groups in total. The molecule has 0 unspecified atom stereocenters. The minimum absolute atomic E-state index is 0.464. The van der Waals surface area contributed by atoms with Crippen LogP contribution in [0.2, 0.25) is 0 Å². The molecular formula is C14H20O3. The molecule has 0 saturated heterocycles. The predicted molar refractivity (Wildman–Crippen MR) is 65.1 cm³/mol. The third kappa shape index (κ3) is 3.53. The van der Waals surface area contributed by atoms with E-state index in [9.17, 15) is 0 Å². The number of hydrogen-bond donors (Lipinski definition) is 0. The maximum atomic E-state index is 5.50. The van der Waals surface area contributed by atoms with E-state index in [1.807, 2.05) is 30.3 Å². The van der Waals surface area contributed by atoms with Crippen LogP contribution in [0.4, 0.5) is 0 Å². The molecule has 2 rings (SSSR count). The third-order valence-electron chi connectivity index (χ3n) is 3.27. The molecule has 1 aliphatic carbocycles. The summed E-state index contributed by atoms with van der Waals surface area (Å²) in [6, 6.07) is 10.0. The molecule has 94 valence electrons. The molecule has 0 aromatic heterocycles. The van der Waals surface area contributed by atoms with Crippen LogP contribution in [0, 0.1) is 0 Å². The summed E-state index contributed by atoms with van der Waals surface area (Å²) in [5.41, 5.74) is 1.11. The fourth-order valence-electron chi connectivity index (χ4n) is 2.19. The van der Waals surface area contributed by atoms with Crippen LogP contribution in [0.15, 0.2) is 30.3 Å². The Morgan fingerprint density at radius 2 is 1.76 bits per heavy atom. The van der Waals surface area contributed by atoms with Gasteiger partial charge in [0.15, 0.2) is 0 Å². The summed E-state index contributed by atoms with van der Waals surface area (Å²) >= 11 is 0. The van der Waals surface area contributed by atoms with E-state index in [1.165, 1.54) is 6.42 Å². The first-order valence-corrected chi connectivity index (χ1v) is 6.24. The number of rotatable bonds is 5. The van der Waals surface area contributed by atoms with Crippen molar-refractivity contribution in [1.29, 1.82) is 0 Å². The van der Waals surface area contributed by atoms with Gasteiger partial charge in [-0.25, -0.2) is 9.78 Å². The molecule has 0 radical (unpaired) electrons. The van der Waals surface area contributed by atoms with Crippen LogP contribution in [0.3, 0.4) is 0 Å². The summed E-state index contributed by atoms with van der Waals surface area (Å²) in [5, 5.41) is 0. The highest BCUT2D eigenvalue weighted by Crippen LogP contribution is 2.32. The van der Waals surface area contributed by atoms with Gasteiger partial charge in [0.25, 0.3) is 0 Å². The average molecular weight is 236 g/mol. The molecule has 0 aliphatic heterocycles. The molecule has 17 heavy (non-hydrogen) atoms. The first-order chi connectivity index (χ1) is 8.35. The molecule has 0 heterocycles. The van der Waals surface area contributed by atoms with Gasteiger partial charge in [0, 0.05) is 20.0 Å². The second kappa shape index (κ2) is 6.15. The Labute approximate surface area is 103 Å². The van der Waals surface area contributed by atoms with E-state index in [0.29, 0.717) is 6.61 Å². The normalized spacial score (nSPS) is 19.1. The van der Waals surface area contributed by atoms with Crippen molar-refractivity contribution in [3.63, 3.8) is 0 Å². The Morgan fingerprint density at radius 1 is 1.06 bits per heavy atom. The van der Waals surface area contributed by atoms with E-state index in [4.69, 9.17) is 14.5 Å². The Bertz CT molecular complexity index is 317. The standard InChI is InChI=1S/C14H20O3/c1-15-14(10-6-3-7-11-14)17-16-12-13-8-4-2-5-9-13/h2,4-5,8-9H,3,6-7,10-12H2,1H3. The zero-order chi connectivity index (χ0) is 12.0. The lowest BCUT2D eigenvalue weighted by Gasteiger charge is -2.33. The number of benzene rings is 1. The van der Waals surface area contributed by atoms with Crippen LogP contribution in [0.1, 0.15) is 37.7 Å². The molecule has 1 aliphatic rings. The van der Waals surface area contributed by atoms with Gasteiger partial charge >= 0.3 is 0 Å². The lowest BCUT2D eigenvalue weighted by Crippen LogP contribution is -2.37. The Hall–Kier alpha value is -0.900. The Morgan fingerprint density at radius 3 is 2.41 bits per heavy atom. The van der Waals surface area contributed by atoms with Gasteiger partial charge in [-0.05, 0) is 18.4 Å². The maximum Gasteiger partial charge on any atom is 0.201 e. The largest absolute Gasteiger partial charge is 0.351 e. The van der Waals surface area contributed by atoms with Crippen molar-refractivity contribution in [2.75, 3.05) is 7.11 Å². The van der Waals surface area contributed by atoms with Crippen molar-refractivity contribution in [1.82, 2.24) is 0 Å². The zero-order valence-electron chi connectivity index (χ0n) is 10.4. The van der Waals surface area contributed by atoms with Gasteiger partial charge < -0.3 is 4.74 Å². The van der Waals surface area contributed by atoms with Crippen molar-refractivity contribution >= 4 is 0 Å². The van der Waals surface area contributed by atoms with Crippen molar-refractivity contribution in [2.24, 2.45) is 0 Å². The van der Waals surface area contributed by atoms with Crippen LogP contribution in [-0.4, -0.2) is 12.9 Å². The molecule has 0 atom stereocenters. The SMILES string of the molecule is COC1(OOCc2ccccc2)CCCCC1. The van der Waals surface area contributed by atoms with E-state index >= 15 is 0 Å². The lowest BCUT2D eigenvalue weighted by atomic mass is 9.94. The van der Waals surface area contributed by atoms with E-state index in [1.54, 1.807) is 7.11 Å². The monoisotopic (exact) mass is 236 g/mol. The second-order valence-electron chi connectivity index (χ2n) is 4.51. The third-order valence-corrected chi connectivity index (χ3v) is 3.27. The Balaban J connectivity index is 1.80. The predicted octanol–water partition coefficient (Wildman–Crippen LogP) is 3.44. The minimum Gasteiger partial charge on any atom is -0.351 e. The molecule has 0 bridgehead atoms. The molecule has 1 aromatic carbocycles. The fraction of sp³-hybridized carbons (Fsp3) is 0.571.